The van der Waals surface area contributed by atoms with Gasteiger partial charge >= 0.3 is 5.97 Å². The van der Waals surface area contributed by atoms with E-state index in [0.717, 1.165) is 0 Å². The van der Waals surface area contributed by atoms with Crippen molar-refractivity contribution in [1.82, 2.24) is 9.29 Å². The molecule has 1 aromatic heterocycles. The van der Waals surface area contributed by atoms with Gasteiger partial charge in [-0.3, -0.25) is 4.79 Å². The Morgan fingerprint density at radius 3 is 2.59 bits per heavy atom. The maximum atomic E-state index is 13.1. The van der Waals surface area contributed by atoms with E-state index in [1.54, 1.807) is 30.3 Å². The molecular weight excluding hydrogens is 454 g/mol. The maximum Gasteiger partial charge on any atom is 0.337 e. The van der Waals surface area contributed by atoms with Gasteiger partial charge in [0.25, 0.3) is 0 Å². The van der Waals surface area contributed by atoms with Gasteiger partial charge in [0.15, 0.2) is 5.13 Å². The Balaban J connectivity index is 1.54. The molecule has 1 aliphatic heterocycles. The number of nitrogens with one attached hydrogen (secondary N) is 1. The fourth-order valence-corrected chi connectivity index (χ4v) is 6.15. The Hall–Kier alpha value is -3.02. The Bertz CT molecular complexity index is 1270. The van der Waals surface area contributed by atoms with E-state index < -0.39 is 27.9 Å². The summed E-state index contributed by atoms with van der Waals surface area (Å²) in [4.78, 5) is 29.2. The Kier molecular flexibility index (Phi) is 6.13. The van der Waals surface area contributed by atoms with Crippen molar-refractivity contribution in [3.63, 3.8) is 0 Å². The first-order chi connectivity index (χ1) is 15.3. The van der Waals surface area contributed by atoms with Crippen LogP contribution in [-0.2, 0) is 19.6 Å². The Morgan fingerprint density at radius 2 is 1.91 bits per heavy atom. The maximum absolute atomic E-state index is 13.1. The van der Waals surface area contributed by atoms with Crippen molar-refractivity contribution in [3.8, 4) is 5.75 Å². The zero-order chi connectivity index (χ0) is 22.9. The van der Waals surface area contributed by atoms with Crippen LogP contribution < -0.4 is 10.1 Å². The van der Waals surface area contributed by atoms with Gasteiger partial charge in [0, 0.05) is 6.54 Å². The lowest BCUT2D eigenvalue weighted by molar-refractivity contribution is -0.119. The summed E-state index contributed by atoms with van der Waals surface area (Å²) in [5.74, 6) is -0.353. The van der Waals surface area contributed by atoms with Crippen LogP contribution in [0, 0.1) is 0 Å². The molecule has 32 heavy (non-hydrogen) atoms. The number of carbonyl (C=O) groups excluding carboxylic acids is 2. The quantitative estimate of drug-likeness (QED) is 0.545. The van der Waals surface area contributed by atoms with Gasteiger partial charge < -0.3 is 14.8 Å². The van der Waals surface area contributed by atoms with Gasteiger partial charge in [0.05, 0.1) is 34.9 Å². The number of benzene rings is 2. The van der Waals surface area contributed by atoms with Crippen LogP contribution in [0.2, 0.25) is 0 Å². The number of amides is 1. The molecule has 1 fully saturated rings. The van der Waals surface area contributed by atoms with E-state index in [-0.39, 0.29) is 11.4 Å². The van der Waals surface area contributed by atoms with Crippen LogP contribution in [0.5, 0.6) is 5.75 Å². The van der Waals surface area contributed by atoms with Gasteiger partial charge in [-0.25, -0.2) is 18.2 Å². The number of hydrogen-bond donors (Lipinski definition) is 1. The summed E-state index contributed by atoms with van der Waals surface area (Å²) in [6, 6.07) is 10.2. The third kappa shape index (κ3) is 4.18. The number of thiazole rings is 1. The van der Waals surface area contributed by atoms with Crippen molar-refractivity contribution in [2.75, 3.05) is 26.1 Å². The molecule has 1 unspecified atom stereocenters. The van der Waals surface area contributed by atoms with Crippen LogP contribution in [0.25, 0.3) is 10.2 Å². The van der Waals surface area contributed by atoms with Gasteiger partial charge in [-0.05, 0) is 55.3 Å². The van der Waals surface area contributed by atoms with Gasteiger partial charge in [-0.1, -0.05) is 11.3 Å². The standard InChI is InChI=1S/C21H21N3O6S2/c1-29-14-6-8-15(9-7-14)32(27,28)24-11-3-4-17(24)19(25)23-21-22-16-10-5-13(20(26)30-2)12-18(16)31-21/h5-10,12,17H,3-4,11H2,1-2H3,(H,22,23,25). The van der Waals surface area contributed by atoms with Crippen molar-refractivity contribution < 1.29 is 27.5 Å². The zero-order valence-electron chi connectivity index (χ0n) is 17.4. The summed E-state index contributed by atoms with van der Waals surface area (Å²) < 4.78 is 38.0. The monoisotopic (exact) mass is 475 g/mol. The topological polar surface area (TPSA) is 115 Å². The minimum Gasteiger partial charge on any atom is -0.497 e. The third-order valence-electron chi connectivity index (χ3n) is 5.21. The molecule has 0 radical (unpaired) electrons. The molecule has 4 rings (SSSR count). The number of hydrogen-bond acceptors (Lipinski definition) is 8. The van der Waals surface area contributed by atoms with E-state index in [1.165, 1.54) is 42.0 Å². The van der Waals surface area contributed by atoms with Crippen LogP contribution in [0.1, 0.15) is 23.2 Å². The summed E-state index contributed by atoms with van der Waals surface area (Å²) in [5, 5.41) is 3.07. The number of fused-ring (bicyclic) bond motifs is 1. The molecule has 0 bridgehead atoms. The number of ether oxygens (including phenoxy) is 2. The molecule has 2 heterocycles. The van der Waals surface area contributed by atoms with Crippen LogP contribution in [0.15, 0.2) is 47.4 Å². The second kappa shape index (κ2) is 8.85. The van der Waals surface area contributed by atoms with Crippen molar-refractivity contribution in [3.05, 3.63) is 48.0 Å². The third-order valence-corrected chi connectivity index (χ3v) is 8.07. The lowest BCUT2D eigenvalue weighted by Gasteiger charge is -2.23. The van der Waals surface area contributed by atoms with Crippen molar-refractivity contribution >= 4 is 48.6 Å². The van der Waals surface area contributed by atoms with Crippen LogP contribution >= 0.6 is 11.3 Å². The Morgan fingerprint density at radius 1 is 1.16 bits per heavy atom. The number of esters is 1. The summed E-state index contributed by atoms with van der Waals surface area (Å²) in [7, 11) is -1.04. The highest BCUT2D eigenvalue weighted by molar-refractivity contribution is 7.89. The molecule has 9 nitrogen and oxygen atoms in total. The zero-order valence-corrected chi connectivity index (χ0v) is 19.0. The van der Waals surface area contributed by atoms with Crippen molar-refractivity contribution in [2.24, 2.45) is 0 Å². The second-order valence-corrected chi connectivity index (χ2v) is 10.1. The van der Waals surface area contributed by atoms with Crippen molar-refractivity contribution in [1.29, 1.82) is 0 Å². The largest absolute Gasteiger partial charge is 0.497 e. The Labute approximate surface area is 189 Å². The molecule has 168 valence electrons. The lowest BCUT2D eigenvalue weighted by Crippen LogP contribution is -2.43. The van der Waals surface area contributed by atoms with E-state index in [9.17, 15) is 18.0 Å². The van der Waals surface area contributed by atoms with E-state index in [1.807, 2.05) is 0 Å². The SMILES string of the molecule is COC(=O)c1ccc2nc(NC(=O)C3CCCN3S(=O)(=O)c3ccc(OC)cc3)sc2c1. The molecule has 0 saturated carbocycles. The van der Waals surface area contributed by atoms with E-state index in [0.29, 0.717) is 39.5 Å². The highest BCUT2D eigenvalue weighted by Gasteiger charge is 2.39. The predicted molar refractivity (Wildman–Crippen MR) is 119 cm³/mol. The van der Waals surface area contributed by atoms with Gasteiger partial charge in [-0.15, -0.1) is 0 Å². The van der Waals surface area contributed by atoms with E-state index in [4.69, 9.17) is 9.47 Å². The number of sulfonamides is 1. The number of nitrogens with zero attached hydrogens (tertiary/aromatic N) is 2. The average Bonchev–Trinajstić information content (AvgIpc) is 3.45. The molecule has 1 saturated heterocycles. The minimum absolute atomic E-state index is 0.105. The summed E-state index contributed by atoms with van der Waals surface area (Å²) in [6.07, 6.45) is 0.994. The normalized spacial score (nSPS) is 16.8. The molecule has 1 atom stereocenters. The van der Waals surface area contributed by atoms with Gasteiger partial charge in [0.2, 0.25) is 15.9 Å². The van der Waals surface area contributed by atoms with E-state index >= 15 is 0 Å². The molecule has 3 aromatic rings. The molecule has 1 aliphatic rings. The fraction of sp³-hybridized carbons (Fsp3) is 0.286. The van der Waals surface area contributed by atoms with Gasteiger partial charge in [0.1, 0.15) is 11.8 Å². The first-order valence-electron chi connectivity index (χ1n) is 9.79. The average molecular weight is 476 g/mol. The first kappa shape index (κ1) is 22.2. The van der Waals surface area contributed by atoms with Gasteiger partial charge in [-0.2, -0.15) is 4.31 Å². The summed E-state index contributed by atoms with van der Waals surface area (Å²) >= 11 is 1.20. The molecule has 0 aliphatic carbocycles. The number of aromatic nitrogens is 1. The van der Waals surface area contributed by atoms with E-state index in [2.05, 4.69) is 10.3 Å². The number of anilines is 1. The van der Waals surface area contributed by atoms with Crippen LogP contribution in [0.4, 0.5) is 5.13 Å². The number of methoxy groups -OCH3 is 2. The fourth-order valence-electron chi connectivity index (χ4n) is 3.58. The summed E-state index contributed by atoms with van der Waals surface area (Å²) in [5.41, 5.74) is 1.00. The smallest absolute Gasteiger partial charge is 0.337 e. The molecular formula is C21H21N3O6S2. The predicted octanol–water partition coefficient (Wildman–Crippen LogP) is 2.88. The minimum atomic E-state index is -3.84. The molecule has 1 amide bonds. The molecule has 2 aromatic carbocycles. The van der Waals surface area contributed by atoms with Crippen LogP contribution in [-0.4, -0.2) is 56.4 Å². The highest BCUT2D eigenvalue weighted by atomic mass is 32.2. The molecule has 11 heteroatoms. The molecule has 0 spiro atoms. The first-order valence-corrected chi connectivity index (χ1v) is 12.0. The second-order valence-electron chi connectivity index (χ2n) is 7.13. The summed E-state index contributed by atoms with van der Waals surface area (Å²) in [6.45, 7) is 0.259. The van der Waals surface area contributed by atoms with Crippen molar-refractivity contribution in [2.45, 2.75) is 23.8 Å². The number of carbonyl (C=O) groups is 2. The highest BCUT2D eigenvalue weighted by Crippen LogP contribution is 2.30. The number of rotatable bonds is 6. The lowest BCUT2D eigenvalue weighted by atomic mass is 10.2. The molecule has 1 N–H and O–H groups in total. The van der Waals surface area contributed by atoms with Crippen LogP contribution in [0.3, 0.4) is 0 Å².